The molecular formula is C23H19NO5S2. The first kappa shape index (κ1) is 22.5. The number of rotatable bonds is 8. The van der Waals surface area contributed by atoms with Gasteiger partial charge in [0.05, 0.1) is 10.5 Å². The Labute approximate surface area is 184 Å². The van der Waals surface area contributed by atoms with Gasteiger partial charge in [0, 0.05) is 21.3 Å². The number of hydrogen-bond donors (Lipinski definition) is 0. The summed E-state index contributed by atoms with van der Waals surface area (Å²) in [5.74, 6) is -1.11. The van der Waals surface area contributed by atoms with Crippen molar-refractivity contribution in [2.24, 2.45) is 5.16 Å². The molecule has 0 saturated carbocycles. The van der Waals surface area contributed by atoms with E-state index in [4.69, 9.17) is 4.84 Å². The van der Waals surface area contributed by atoms with E-state index in [9.17, 15) is 18.0 Å². The highest BCUT2D eigenvalue weighted by atomic mass is 33.1. The van der Waals surface area contributed by atoms with Gasteiger partial charge in [-0.05, 0) is 55.0 Å². The fourth-order valence-electron chi connectivity index (χ4n) is 2.58. The minimum Gasteiger partial charge on any atom is -0.312 e. The highest BCUT2D eigenvalue weighted by Gasteiger charge is 2.19. The second-order valence-electron chi connectivity index (χ2n) is 6.34. The summed E-state index contributed by atoms with van der Waals surface area (Å²) in [6.07, 6.45) is 0.241. The van der Waals surface area contributed by atoms with E-state index in [0.717, 1.165) is 10.8 Å². The molecule has 3 aromatic rings. The number of carbonyl (C=O) groups is 2. The summed E-state index contributed by atoms with van der Waals surface area (Å²) < 4.78 is 25.2. The van der Waals surface area contributed by atoms with Gasteiger partial charge in [-0.1, -0.05) is 48.5 Å². The van der Waals surface area contributed by atoms with Gasteiger partial charge in [0.15, 0.2) is 0 Å². The van der Waals surface area contributed by atoms with Crippen LogP contribution in [-0.2, 0) is 13.7 Å². The summed E-state index contributed by atoms with van der Waals surface area (Å²) in [5, 5.41) is 3.72. The number of carbonyl (C=O) groups excluding carboxylic acids is 2. The second kappa shape index (κ2) is 10.2. The van der Waals surface area contributed by atoms with Crippen LogP contribution in [0.1, 0.15) is 34.1 Å². The molecular weight excluding hydrogens is 434 g/mol. The minimum atomic E-state index is -3.63. The molecule has 0 aliphatic rings. The van der Waals surface area contributed by atoms with Crippen molar-refractivity contribution >= 4 is 37.1 Å². The van der Waals surface area contributed by atoms with Crippen LogP contribution in [0.15, 0.2) is 99.9 Å². The predicted molar refractivity (Wildman–Crippen MR) is 120 cm³/mol. The Hall–Kier alpha value is -3.23. The molecule has 0 N–H and O–H groups in total. The van der Waals surface area contributed by atoms with Crippen molar-refractivity contribution in [2.75, 3.05) is 0 Å². The number of hydrogen-bond acceptors (Lipinski definition) is 7. The summed E-state index contributed by atoms with van der Waals surface area (Å²) in [6.45, 7) is 1.71. The molecule has 0 atom stereocenters. The zero-order valence-corrected chi connectivity index (χ0v) is 18.2. The molecule has 0 aliphatic heterocycles. The lowest BCUT2D eigenvalue weighted by molar-refractivity contribution is 0.0515. The molecule has 0 fully saturated rings. The first-order valence-electron chi connectivity index (χ1n) is 9.38. The number of ketones is 1. The van der Waals surface area contributed by atoms with Gasteiger partial charge in [-0.3, -0.25) is 4.79 Å². The van der Waals surface area contributed by atoms with Crippen LogP contribution >= 0.6 is 10.8 Å². The normalized spacial score (nSPS) is 11.7. The molecule has 31 heavy (non-hydrogen) atoms. The van der Waals surface area contributed by atoms with E-state index < -0.39 is 20.6 Å². The fourth-order valence-corrected chi connectivity index (χ4v) is 5.38. The predicted octanol–water partition coefficient (Wildman–Crippen LogP) is 4.97. The number of benzene rings is 3. The Bertz CT molecular complexity index is 1190. The first-order valence-corrected chi connectivity index (χ1v) is 12.2. The van der Waals surface area contributed by atoms with Crippen molar-refractivity contribution < 1.29 is 22.8 Å². The maximum absolute atomic E-state index is 12.7. The zero-order valence-electron chi connectivity index (χ0n) is 16.6. The number of Topliss-reactive ketones (excluding diaryl/α,β-unsaturated/α-hetero) is 1. The molecule has 0 heterocycles. The molecule has 0 aromatic heterocycles. The third-order valence-corrected chi connectivity index (χ3v) is 7.55. The molecule has 0 unspecified atom stereocenters. The van der Waals surface area contributed by atoms with Gasteiger partial charge in [0.25, 0.3) is 0 Å². The highest BCUT2D eigenvalue weighted by Crippen LogP contribution is 2.30. The van der Waals surface area contributed by atoms with Crippen molar-refractivity contribution in [1.29, 1.82) is 0 Å². The minimum absolute atomic E-state index is 0.0542. The molecule has 6 nitrogen and oxygen atoms in total. The highest BCUT2D eigenvalue weighted by molar-refractivity contribution is 8.72. The summed E-state index contributed by atoms with van der Waals surface area (Å²) in [7, 11) is -2.89. The molecule has 0 spiro atoms. The molecule has 0 saturated heterocycles. The standard InChI is InChI=1S/C23H19NO5S2/c1-2-21(24-29-23(26)18-9-5-3-6-10-18)22(25)17-13-15-20(16-14-17)31(27,28)30-19-11-7-4-8-12-19/h3-16H,2H2,1H3. The third-order valence-electron chi connectivity index (χ3n) is 4.20. The van der Waals surface area contributed by atoms with Crippen LogP contribution in [0.2, 0.25) is 0 Å². The largest absolute Gasteiger partial charge is 0.365 e. The summed E-state index contributed by atoms with van der Waals surface area (Å²) >= 11 is 0. The molecule has 0 amide bonds. The quantitative estimate of drug-likeness (QED) is 0.157. The van der Waals surface area contributed by atoms with E-state index in [1.807, 2.05) is 0 Å². The average molecular weight is 454 g/mol. The topological polar surface area (TPSA) is 89.9 Å². The van der Waals surface area contributed by atoms with Crippen LogP contribution in [0, 0.1) is 0 Å². The van der Waals surface area contributed by atoms with Crippen LogP contribution in [-0.4, -0.2) is 25.9 Å². The van der Waals surface area contributed by atoms with E-state index in [0.29, 0.717) is 10.5 Å². The van der Waals surface area contributed by atoms with E-state index in [-0.39, 0.29) is 22.6 Å². The Morgan fingerprint density at radius 2 is 1.42 bits per heavy atom. The lowest BCUT2D eigenvalue weighted by atomic mass is 10.1. The Morgan fingerprint density at radius 1 is 0.839 bits per heavy atom. The maximum Gasteiger partial charge on any atom is 0.365 e. The van der Waals surface area contributed by atoms with Crippen molar-refractivity contribution in [1.82, 2.24) is 0 Å². The average Bonchev–Trinajstić information content (AvgIpc) is 2.80. The van der Waals surface area contributed by atoms with Crippen LogP contribution in [0.4, 0.5) is 0 Å². The fraction of sp³-hybridized carbons (Fsp3) is 0.0870. The first-order chi connectivity index (χ1) is 14.9. The van der Waals surface area contributed by atoms with Crippen molar-refractivity contribution in [2.45, 2.75) is 23.1 Å². The van der Waals surface area contributed by atoms with Crippen molar-refractivity contribution in [3.8, 4) is 0 Å². The summed E-state index contributed by atoms with van der Waals surface area (Å²) in [6, 6.07) is 22.7. The lowest BCUT2D eigenvalue weighted by Gasteiger charge is -2.06. The Balaban J connectivity index is 1.73. The Kier molecular flexibility index (Phi) is 7.38. The maximum atomic E-state index is 12.7. The molecule has 0 bridgehead atoms. The van der Waals surface area contributed by atoms with Gasteiger partial charge in [0.2, 0.25) is 14.7 Å². The van der Waals surface area contributed by atoms with Gasteiger partial charge < -0.3 is 4.84 Å². The molecule has 3 aromatic carbocycles. The molecule has 3 rings (SSSR count). The van der Waals surface area contributed by atoms with Crippen LogP contribution in [0.3, 0.4) is 0 Å². The number of nitrogens with zero attached hydrogens (tertiary/aromatic N) is 1. The summed E-state index contributed by atoms with van der Waals surface area (Å²) in [5.41, 5.74) is 0.623. The van der Waals surface area contributed by atoms with Crippen molar-refractivity contribution in [3.05, 3.63) is 96.1 Å². The van der Waals surface area contributed by atoms with Gasteiger partial charge in [-0.25, -0.2) is 13.2 Å². The zero-order chi connectivity index (χ0) is 22.3. The van der Waals surface area contributed by atoms with Gasteiger partial charge in [0.1, 0.15) is 5.71 Å². The van der Waals surface area contributed by atoms with Gasteiger partial charge in [-0.15, -0.1) is 0 Å². The van der Waals surface area contributed by atoms with Gasteiger partial charge in [-0.2, -0.15) is 0 Å². The van der Waals surface area contributed by atoms with E-state index in [1.54, 1.807) is 67.6 Å². The van der Waals surface area contributed by atoms with Crippen LogP contribution < -0.4 is 0 Å². The van der Waals surface area contributed by atoms with Crippen LogP contribution in [0.5, 0.6) is 0 Å². The van der Waals surface area contributed by atoms with Crippen molar-refractivity contribution in [3.63, 3.8) is 0 Å². The third kappa shape index (κ3) is 5.90. The molecule has 0 radical (unpaired) electrons. The van der Waals surface area contributed by atoms with E-state index in [1.165, 1.54) is 24.3 Å². The number of oxime groups is 1. The molecule has 158 valence electrons. The Morgan fingerprint density at radius 3 is 2.00 bits per heavy atom. The smallest absolute Gasteiger partial charge is 0.312 e. The van der Waals surface area contributed by atoms with Gasteiger partial charge >= 0.3 is 5.97 Å². The van der Waals surface area contributed by atoms with E-state index >= 15 is 0 Å². The SMILES string of the molecule is CCC(=NOC(=O)c1ccccc1)C(=O)c1ccc(S(=O)(=O)Sc2ccccc2)cc1. The molecule has 0 aliphatic carbocycles. The second-order valence-corrected chi connectivity index (χ2v) is 10.2. The summed E-state index contributed by atoms with van der Waals surface area (Å²) in [4.78, 5) is 30.3. The monoisotopic (exact) mass is 453 g/mol. The van der Waals surface area contributed by atoms with Crippen LogP contribution in [0.25, 0.3) is 0 Å². The lowest BCUT2D eigenvalue weighted by Crippen LogP contribution is -2.15. The molecule has 8 heteroatoms. The van der Waals surface area contributed by atoms with E-state index in [2.05, 4.69) is 5.16 Å².